The number of urea groups is 1. The molecule has 3 amide bonds. The van der Waals surface area contributed by atoms with Gasteiger partial charge in [0, 0.05) is 45.3 Å². The Morgan fingerprint density at radius 3 is 2.95 bits per heavy atom. The molecule has 0 aromatic carbocycles. The van der Waals surface area contributed by atoms with E-state index in [1.165, 1.54) is 6.92 Å². The van der Waals surface area contributed by atoms with Crippen molar-refractivity contribution >= 4 is 17.8 Å². The van der Waals surface area contributed by atoms with E-state index in [0.717, 1.165) is 25.2 Å². The van der Waals surface area contributed by atoms with Crippen molar-refractivity contribution in [2.75, 3.05) is 31.5 Å². The normalized spacial score (nSPS) is 17.7. The Labute approximate surface area is 130 Å². The van der Waals surface area contributed by atoms with Crippen molar-refractivity contribution in [2.45, 2.75) is 25.8 Å². The fourth-order valence-electron chi connectivity index (χ4n) is 2.51. The fourth-order valence-corrected chi connectivity index (χ4v) is 2.51. The Hall–Kier alpha value is -2.31. The first-order valence-corrected chi connectivity index (χ1v) is 7.60. The molecule has 7 heteroatoms. The second-order valence-corrected chi connectivity index (χ2v) is 5.36. The number of carbonyl (C=O) groups is 2. The third-order valence-electron chi connectivity index (χ3n) is 3.49. The Balaban J connectivity index is 1.67. The number of aromatic nitrogens is 1. The lowest BCUT2D eigenvalue weighted by molar-refractivity contribution is -0.119. The largest absolute Gasteiger partial charge is 0.368 e. The van der Waals surface area contributed by atoms with Gasteiger partial charge in [0.2, 0.25) is 5.91 Å². The highest BCUT2D eigenvalue weighted by molar-refractivity contribution is 5.75. The SMILES string of the molecule is CC(=O)NC1CCCN(C(=O)NCCNc2ccccn2)C1. The molecule has 2 heterocycles. The van der Waals surface area contributed by atoms with Gasteiger partial charge in [0.25, 0.3) is 0 Å². The zero-order valence-electron chi connectivity index (χ0n) is 12.8. The zero-order chi connectivity index (χ0) is 15.8. The second kappa shape index (κ2) is 8.21. The molecule has 0 saturated carbocycles. The summed E-state index contributed by atoms with van der Waals surface area (Å²) in [6.07, 6.45) is 3.55. The van der Waals surface area contributed by atoms with Gasteiger partial charge in [-0.3, -0.25) is 4.79 Å². The maximum absolute atomic E-state index is 12.1. The van der Waals surface area contributed by atoms with E-state index in [0.29, 0.717) is 19.6 Å². The highest BCUT2D eigenvalue weighted by Crippen LogP contribution is 2.10. The number of piperidine rings is 1. The maximum Gasteiger partial charge on any atom is 0.317 e. The van der Waals surface area contributed by atoms with E-state index in [-0.39, 0.29) is 18.0 Å². The van der Waals surface area contributed by atoms with Crippen molar-refractivity contribution in [3.63, 3.8) is 0 Å². The predicted molar refractivity (Wildman–Crippen MR) is 84.5 cm³/mol. The first kappa shape index (κ1) is 16.1. The number of nitrogens with zero attached hydrogens (tertiary/aromatic N) is 2. The Morgan fingerprint density at radius 1 is 1.36 bits per heavy atom. The molecule has 0 spiro atoms. The van der Waals surface area contributed by atoms with Crippen molar-refractivity contribution in [1.29, 1.82) is 0 Å². The molecule has 1 unspecified atom stereocenters. The summed E-state index contributed by atoms with van der Waals surface area (Å²) in [6.45, 7) is 3.94. The topological polar surface area (TPSA) is 86.4 Å². The molecule has 120 valence electrons. The molecule has 3 N–H and O–H groups in total. The minimum absolute atomic E-state index is 0.0492. The number of pyridine rings is 1. The summed E-state index contributed by atoms with van der Waals surface area (Å²) in [7, 11) is 0. The Kier molecular flexibility index (Phi) is 6.00. The van der Waals surface area contributed by atoms with Crippen LogP contribution in [0.4, 0.5) is 10.6 Å². The number of rotatable bonds is 5. The molecule has 1 fully saturated rings. The van der Waals surface area contributed by atoms with Gasteiger partial charge in [0.05, 0.1) is 0 Å². The number of amides is 3. The molecule has 0 radical (unpaired) electrons. The summed E-state index contributed by atoms with van der Waals surface area (Å²) >= 11 is 0. The van der Waals surface area contributed by atoms with Crippen LogP contribution in [0.25, 0.3) is 0 Å². The van der Waals surface area contributed by atoms with E-state index < -0.39 is 0 Å². The van der Waals surface area contributed by atoms with Gasteiger partial charge in [-0.05, 0) is 25.0 Å². The molecule has 0 bridgehead atoms. The number of hydrogen-bond acceptors (Lipinski definition) is 4. The third-order valence-corrected chi connectivity index (χ3v) is 3.49. The number of nitrogens with one attached hydrogen (secondary N) is 3. The summed E-state index contributed by atoms with van der Waals surface area (Å²) in [5.74, 6) is 0.743. The molecule has 1 aromatic heterocycles. The van der Waals surface area contributed by atoms with E-state index >= 15 is 0 Å². The van der Waals surface area contributed by atoms with E-state index in [4.69, 9.17) is 0 Å². The first-order valence-electron chi connectivity index (χ1n) is 7.60. The van der Waals surface area contributed by atoms with Gasteiger partial charge in [-0.2, -0.15) is 0 Å². The van der Waals surface area contributed by atoms with Gasteiger partial charge in [0.1, 0.15) is 5.82 Å². The van der Waals surface area contributed by atoms with E-state index in [1.807, 2.05) is 18.2 Å². The molecular weight excluding hydrogens is 282 g/mol. The summed E-state index contributed by atoms with van der Waals surface area (Å²) < 4.78 is 0. The van der Waals surface area contributed by atoms with Crippen LogP contribution in [0.15, 0.2) is 24.4 Å². The Bertz CT molecular complexity index is 494. The van der Waals surface area contributed by atoms with Gasteiger partial charge in [-0.1, -0.05) is 6.07 Å². The van der Waals surface area contributed by atoms with Gasteiger partial charge < -0.3 is 20.9 Å². The van der Waals surface area contributed by atoms with Crippen molar-refractivity contribution in [3.8, 4) is 0 Å². The number of likely N-dealkylation sites (tertiary alicyclic amines) is 1. The van der Waals surface area contributed by atoms with Crippen LogP contribution in [0.2, 0.25) is 0 Å². The summed E-state index contributed by atoms with van der Waals surface area (Å²) in [4.78, 5) is 29.1. The third kappa shape index (κ3) is 5.23. The van der Waals surface area contributed by atoms with Gasteiger partial charge in [-0.15, -0.1) is 0 Å². The van der Waals surface area contributed by atoms with Crippen molar-refractivity contribution in [1.82, 2.24) is 20.5 Å². The van der Waals surface area contributed by atoms with Crippen molar-refractivity contribution < 1.29 is 9.59 Å². The minimum Gasteiger partial charge on any atom is -0.368 e. The average molecular weight is 305 g/mol. The average Bonchev–Trinajstić information content (AvgIpc) is 2.52. The smallest absolute Gasteiger partial charge is 0.317 e. The molecule has 1 atom stereocenters. The molecule has 1 saturated heterocycles. The van der Waals surface area contributed by atoms with Crippen LogP contribution < -0.4 is 16.0 Å². The molecule has 22 heavy (non-hydrogen) atoms. The standard InChI is InChI=1S/C15H23N5O2/c1-12(21)19-13-5-4-10-20(11-13)15(22)18-9-8-17-14-6-2-3-7-16-14/h2-3,6-7,13H,4-5,8-11H2,1H3,(H,16,17)(H,18,22)(H,19,21). The fraction of sp³-hybridized carbons (Fsp3) is 0.533. The minimum atomic E-state index is -0.0853. The van der Waals surface area contributed by atoms with Crippen LogP contribution in [0, 0.1) is 0 Å². The lowest BCUT2D eigenvalue weighted by Gasteiger charge is -2.33. The first-order chi connectivity index (χ1) is 10.6. The summed E-state index contributed by atoms with van der Waals surface area (Å²) in [5, 5.41) is 8.89. The van der Waals surface area contributed by atoms with Crippen molar-refractivity contribution in [3.05, 3.63) is 24.4 Å². The van der Waals surface area contributed by atoms with Crippen LogP contribution in [-0.4, -0.2) is 54.0 Å². The zero-order valence-corrected chi connectivity index (χ0v) is 12.8. The van der Waals surface area contributed by atoms with E-state index in [1.54, 1.807) is 11.1 Å². The molecule has 7 nitrogen and oxygen atoms in total. The van der Waals surface area contributed by atoms with E-state index in [9.17, 15) is 9.59 Å². The lowest BCUT2D eigenvalue weighted by Crippen LogP contribution is -2.52. The molecule has 1 aliphatic rings. The second-order valence-electron chi connectivity index (χ2n) is 5.36. The molecule has 2 rings (SSSR count). The highest BCUT2D eigenvalue weighted by Gasteiger charge is 2.23. The number of anilines is 1. The van der Waals surface area contributed by atoms with Crippen LogP contribution in [0.5, 0.6) is 0 Å². The predicted octanol–water partition coefficient (Wildman–Crippen LogP) is 0.804. The van der Waals surface area contributed by atoms with Crippen molar-refractivity contribution in [2.24, 2.45) is 0 Å². The highest BCUT2D eigenvalue weighted by atomic mass is 16.2. The molecule has 0 aliphatic carbocycles. The van der Waals surface area contributed by atoms with Crippen LogP contribution in [0.3, 0.4) is 0 Å². The number of hydrogen-bond donors (Lipinski definition) is 3. The maximum atomic E-state index is 12.1. The summed E-state index contributed by atoms with van der Waals surface area (Å²) in [6, 6.07) is 5.62. The van der Waals surface area contributed by atoms with Gasteiger partial charge in [-0.25, -0.2) is 9.78 Å². The monoisotopic (exact) mass is 305 g/mol. The van der Waals surface area contributed by atoms with Crippen LogP contribution in [0.1, 0.15) is 19.8 Å². The van der Waals surface area contributed by atoms with Crippen LogP contribution >= 0.6 is 0 Å². The Morgan fingerprint density at radius 2 is 2.23 bits per heavy atom. The lowest BCUT2D eigenvalue weighted by atomic mass is 10.1. The summed E-state index contributed by atoms with van der Waals surface area (Å²) in [5.41, 5.74) is 0. The van der Waals surface area contributed by atoms with Crippen LogP contribution in [-0.2, 0) is 4.79 Å². The molecule has 1 aliphatic heterocycles. The molecular formula is C15H23N5O2. The number of carbonyl (C=O) groups excluding carboxylic acids is 2. The quantitative estimate of drug-likeness (QED) is 0.703. The van der Waals surface area contributed by atoms with Gasteiger partial charge in [0.15, 0.2) is 0 Å². The van der Waals surface area contributed by atoms with Gasteiger partial charge >= 0.3 is 6.03 Å². The van der Waals surface area contributed by atoms with E-state index in [2.05, 4.69) is 20.9 Å². The molecule has 1 aromatic rings.